The monoisotopic (exact) mass is 298 g/mol. The van der Waals surface area contributed by atoms with E-state index in [1.165, 1.54) is 6.07 Å². The molecule has 0 aliphatic carbocycles. The molecule has 2 aromatic rings. The van der Waals surface area contributed by atoms with Gasteiger partial charge in [-0.2, -0.15) is 0 Å². The van der Waals surface area contributed by atoms with Crippen LogP contribution in [0.25, 0.3) is 0 Å². The van der Waals surface area contributed by atoms with Crippen molar-refractivity contribution in [1.29, 1.82) is 0 Å². The molecule has 0 saturated carbocycles. The van der Waals surface area contributed by atoms with Crippen LogP contribution < -0.4 is 5.32 Å². The first-order chi connectivity index (χ1) is 8.15. The van der Waals surface area contributed by atoms with Crippen molar-refractivity contribution in [1.82, 2.24) is 4.98 Å². The van der Waals surface area contributed by atoms with E-state index in [0.29, 0.717) is 12.2 Å². The minimum atomic E-state index is -0.859. The van der Waals surface area contributed by atoms with E-state index in [1.807, 2.05) is 6.07 Å². The molecule has 0 aliphatic heterocycles. The Labute approximate surface area is 106 Å². The minimum Gasteiger partial charge on any atom is -0.381 e. The molecule has 0 aliphatic rings. The molecule has 2 nitrogen and oxygen atoms in total. The summed E-state index contributed by atoms with van der Waals surface area (Å²) in [5.74, 6) is -1.71. The molecular formula is C12H9BrF2N2. The van der Waals surface area contributed by atoms with Gasteiger partial charge in [-0.1, -0.05) is 0 Å². The summed E-state index contributed by atoms with van der Waals surface area (Å²) >= 11 is 3.31. The van der Waals surface area contributed by atoms with Crippen molar-refractivity contribution in [3.8, 4) is 0 Å². The van der Waals surface area contributed by atoms with Gasteiger partial charge in [-0.15, -0.1) is 0 Å². The summed E-state index contributed by atoms with van der Waals surface area (Å²) in [7, 11) is 0. The number of benzene rings is 1. The van der Waals surface area contributed by atoms with Crippen molar-refractivity contribution in [3.63, 3.8) is 0 Å². The van der Waals surface area contributed by atoms with Crippen molar-refractivity contribution >= 4 is 21.6 Å². The number of nitrogens with one attached hydrogen (secondary N) is 1. The van der Waals surface area contributed by atoms with Crippen molar-refractivity contribution in [3.05, 3.63) is 58.3 Å². The fourth-order valence-corrected chi connectivity index (χ4v) is 1.77. The largest absolute Gasteiger partial charge is 0.381 e. The summed E-state index contributed by atoms with van der Waals surface area (Å²) in [5.41, 5.74) is 1.48. The zero-order chi connectivity index (χ0) is 12.3. The zero-order valence-electron chi connectivity index (χ0n) is 8.75. The van der Waals surface area contributed by atoms with E-state index < -0.39 is 11.6 Å². The first kappa shape index (κ1) is 12.0. The minimum absolute atomic E-state index is 0.498. The van der Waals surface area contributed by atoms with Crippen molar-refractivity contribution < 1.29 is 8.78 Å². The molecule has 0 saturated heterocycles. The second-order valence-electron chi connectivity index (χ2n) is 3.49. The summed E-state index contributed by atoms with van der Waals surface area (Å²) in [5, 5.41) is 2.99. The van der Waals surface area contributed by atoms with Gasteiger partial charge in [0.25, 0.3) is 0 Å². The number of hydrogen-bond acceptors (Lipinski definition) is 2. The molecule has 88 valence electrons. The highest BCUT2D eigenvalue weighted by molar-refractivity contribution is 9.10. The van der Waals surface area contributed by atoms with Gasteiger partial charge in [0.2, 0.25) is 0 Å². The fraction of sp³-hybridized carbons (Fsp3) is 0.0833. The summed E-state index contributed by atoms with van der Waals surface area (Å²) in [6.45, 7) is 0.498. The molecule has 0 radical (unpaired) electrons. The van der Waals surface area contributed by atoms with Crippen molar-refractivity contribution in [2.24, 2.45) is 0 Å². The molecule has 0 fully saturated rings. The molecule has 1 aromatic heterocycles. The molecule has 0 amide bonds. The van der Waals surface area contributed by atoms with E-state index in [4.69, 9.17) is 0 Å². The van der Waals surface area contributed by atoms with Crippen LogP contribution in [0.2, 0.25) is 0 Å². The first-order valence-corrected chi connectivity index (χ1v) is 5.73. The Hall–Kier alpha value is -1.49. The number of rotatable bonds is 3. The van der Waals surface area contributed by atoms with Crippen LogP contribution in [0, 0.1) is 11.6 Å². The second-order valence-corrected chi connectivity index (χ2v) is 4.41. The summed E-state index contributed by atoms with van der Waals surface area (Å²) < 4.78 is 26.5. The normalized spacial score (nSPS) is 10.3. The van der Waals surface area contributed by atoms with Gasteiger partial charge in [0.15, 0.2) is 11.6 Å². The Morgan fingerprint density at radius 3 is 2.65 bits per heavy atom. The number of hydrogen-bond donors (Lipinski definition) is 1. The second kappa shape index (κ2) is 5.23. The van der Waals surface area contributed by atoms with Gasteiger partial charge in [0.1, 0.15) is 0 Å². The summed E-state index contributed by atoms with van der Waals surface area (Å²) in [6, 6.07) is 5.61. The predicted molar refractivity (Wildman–Crippen MR) is 65.6 cm³/mol. The third-order valence-corrected chi connectivity index (χ3v) is 2.61. The maximum atomic E-state index is 12.9. The fourth-order valence-electron chi connectivity index (χ4n) is 1.36. The van der Waals surface area contributed by atoms with E-state index >= 15 is 0 Å². The molecule has 1 N–H and O–H groups in total. The van der Waals surface area contributed by atoms with Crippen LogP contribution in [-0.4, -0.2) is 4.98 Å². The van der Waals surface area contributed by atoms with Gasteiger partial charge < -0.3 is 5.32 Å². The highest BCUT2D eigenvalue weighted by Gasteiger charge is 2.02. The Balaban J connectivity index is 2.05. The van der Waals surface area contributed by atoms with Gasteiger partial charge >= 0.3 is 0 Å². The topological polar surface area (TPSA) is 24.9 Å². The van der Waals surface area contributed by atoms with Crippen LogP contribution >= 0.6 is 15.9 Å². The molecular weight excluding hydrogens is 290 g/mol. The van der Waals surface area contributed by atoms with Crippen molar-refractivity contribution in [2.75, 3.05) is 5.32 Å². The van der Waals surface area contributed by atoms with Crippen LogP contribution in [0.3, 0.4) is 0 Å². The molecule has 0 bridgehead atoms. The molecule has 17 heavy (non-hydrogen) atoms. The Morgan fingerprint density at radius 2 is 1.94 bits per heavy atom. The quantitative estimate of drug-likeness (QED) is 0.934. The van der Waals surface area contributed by atoms with Gasteiger partial charge in [0, 0.05) is 35.2 Å². The maximum absolute atomic E-state index is 12.9. The lowest BCUT2D eigenvalue weighted by atomic mass is 10.2. The Bertz CT molecular complexity index is 532. The molecule has 2 rings (SSSR count). The average molecular weight is 299 g/mol. The SMILES string of the molecule is Fc1ccc(NCc2cncc(Br)c2)cc1F. The van der Waals surface area contributed by atoms with Crippen LogP contribution in [0.1, 0.15) is 5.56 Å². The standard InChI is InChI=1S/C12H9BrF2N2/c13-9-3-8(5-16-7-9)6-17-10-1-2-11(14)12(15)4-10/h1-5,7,17H,6H2. The summed E-state index contributed by atoms with van der Waals surface area (Å²) in [4.78, 5) is 4.01. The van der Waals surface area contributed by atoms with E-state index in [0.717, 1.165) is 22.2 Å². The van der Waals surface area contributed by atoms with Gasteiger partial charge in [-0.3, -0.25) is 4.98 Å². The Morgan fingerprint density at radius 1 is 1.12 bits per heavy atom. The van der Waals surface area contributed by atoms with Gasteiger partial charge in [-0.25, -0.2) is 8.78 Å². The molecule has 0 unspecified atom stereocenters. The Kier molecular flexibility index (Phi) is 3.68. The van der Waals surface area contributed by atoms with E-state index in [9.17, 15) is 8.78 Å². The molecule has 5 heteroatoms. The highest BCUT2D eigenvalue weighted by Crippen LogP contribution is 2.15. The first-order valence-electron chi connectivity index (χ1n) is 4.93. The molecule has 1 heterocycles. The van der Waals surface area contributed by atoms with Gasteiger partial charge in [0.05, 0.1) is 0 Å². The van der Waals surface area contributed by atoms with Crippen molar-refractivity contribution in [2.45, 2.75) is 6.54 Å². The average Bonchev–Trinajstić information content (AvgIpc) is 2.31. The van der Waals surface area contributed by atoms with Crippen LogP contribution in [0.4, 0.5) is 14.5 Å². The smallest absolute Gasteiger partial charge is 0.160 e. The van der Waals surface area contributed by atoms with Crippen LogP contribution in [0.5, 0.6) is 0 Å². The van der Waals surface area contributed by atoms with E-state index in [-0.39, 0.29) is 0 Å². The zero-order valence-corrected chi connectivity index (χ0v) is 10.3. The van der Waals surface area contributed by atoms with Crippen LogP contribution in [-0.2, 0) is 6.54 Å². The summed E-state index contributed by atoms with van der Waals surface area (Å²) in [6.07, 6.45) is 3.39. The molecule has 0 spiro atoms. The number of halogens is 3. The lowest BCUT2D eigenvalue weighted by Crippen LogP contribution is -2.00. The van der Waals surface area contributed by atoms with Gasteiger partial charge in [-0.05, 0) is 39.7 Å². The predicted octanol–water partition coefficient (Wildman–Crippen LogP) is 3.73. The lowest BCUT2D eigenvalue weighted by molar-refractivity contribution is 0.509. The van der Waals surface area contributed by atoms with E-state index in [2.05, 4.69) is 26.2 Å². The maximum Gasteiger partial charge on any atom is 0.160 e. The number of pyridine rings is 1. The highest BCUT2D eigenvalue weighted by atomic mass is 79.9. The number of nitrogens with zero attached hydrogens (tertiary/aromatic N) is 1. The van der Waals surface area contributed by atoms with Crippen LogP contribution in [0.15, 0.2) is 41.1 Å². The van der Waals surface area contributed by atoms with E-state index in [1.54, 1.807) is 12.4 Å². The molecule has 1 aromatic carbocycles. The number of anilines is 1. The third kappa shape index (κ3) is 3.23. The molecule has 0 atom stereocenters. The lowest BCUT2D eigenvalue weighted by Gasteiger charge is -2.06. The third-order valence-electron chi connectivity index (χ3n) is 2.18. The number of aromatic nitrogens is 1.